The van der Waals surface area contributed by atoms with Gasteiger partial charge in [-0.05, 0) is 6.07 Å². The van der Waals surface area contributed by atoms with Gasteiger partial charge < -0.3 is 15.4 Å². The second-order valence-corrected chi connectivity index (χ2v) is 4.81. The molecule has 1 aromatic rings. The molecule has 21 heavy (non-hydrogen) atoms. The predicted octanol–water partition coefficient (Wildman–Crippen LogP) is 1.43. The van der Waals surface area contributed by atoms with Crippen molar-refractivity contribution >= 4 is 5.91 Å². The first-order valence-electron chi connectivity index (χ1n) is 6.57. The van der Waals surface area contributed by atoms with Crippen LogP contribution in [0.3, 0.4) is 0 Å². The van der Waals surface area contributed by atoms with Crippen LogP contribution in [0.5, 0.6) is 5.75 Å². The molecule has 2 heterocycles. The Kier molecular flexibility index (Phi) is 4.66. The van der Waals surface area contributed by atoms with Crippen molar-refractivity contribution in [3.63, 3.8) is 0 Å². The molecule has 1 aliphatic rings. The average molecular weight is 303 g/mol. The van der Waals surface area contributed by atoms with Gasteiger partial charge in [-0.1, -0.05) is 0 Å². The summed E-state index contributed by atoms with van der Waals surface area (Å²) in [5, 5.41) is 0. The van der Waals surface area contributed by atoms with E-state index in [0.717, 1.165) is 12.3 Å². The zero-order chi connectivity index (χ0) is 15.5. The van der Waals surface area contributed by atoms with E-state index in [1.54, 1.807) is 4.90 Å². The number of ether oxygens (including phenoxy) is 1. The van der Waals surface area contributed by atoms with Gasteiger partial charge in [-0.15, -0.1) is 0 Å². The first-order chi connectivity index (χ1) is 9.90. The number of pyridine rings is 1. The number of alkyl halides is 3. The maximum absolute atomic E-state index is 12.6. The summed E-state index contributed by atoms with van der Waals surface area (Å²) in [6.07, 6.45) is -1.54. The lowest BCUT2D eigenvalue weighted by Gasteiger charge is -2.32. The average Bonchev–Trinajstić information content (AvgIpc) is 2.47. The van der Waals surface area contributed by atoms with Crippen LogP contribution in [0.25, 0.3) is 0 Å². The monoisotopic (exact) mass is 303 g/mol. The second-order valence-electron chi connectivity index (χ2n) is 4.81. The third-order valence-electron chi connectivity index (χ3n) is 3.31. The first kappa shape index (κ1) is 15.6. The topological polar surface area (TPSA) is 68.5 Å². The SMILES string of the molecule is NCC(=O)N1CCC(Oc2cncc(C(F)(F)F)c2)CC1. The lowest BCUT2D eigenvalue weighted by molar-refractivity contribution is -0.138. The third-order valence-corrected chi connectivity index (χ3v) is 3.31. The summed E-state index contributed by atoms with van der Waals surface area (Å²) in [4.78, 5) is 16.6. The number of aromatic nitrogens is 1. The van der Waals surface area contributed by atoms with Crippen molar-refractivity contribution in [1.29, 1.82) is 0 Å². The minimum atomic E-state index is -4.44. The molecule has 1 fully saturated rings. The molecule has 2 rings (SSSR count). The van der Waals surface area contributed by atoms with Crippen LogP contribution in [0.1, 0.15) is 18.4 Å². The number of halogens is 3. The molecule has 1 saturated heterocycles. The van der Waals surface area contributed by atoms with Crippen molar-refractivity contribution in [1.82, 2.24) is 9.88 Å². The fourth-order valence-electron chi connectivity index (χ4n) is 2.18. The van der Waals surface area contributed by atoms with E-state index in [0.29, 0.717) is 25.9 Å². The van der Waals surface area contributed by atoms with Gasteiger partial charge in [-0.25, -0.2) is 0 Å². The standard InChI is InChI=1S/C13H16F3N3O2/c14-13(15,16)9-5-11(8-18-7-9)21-10-1-3-19(4-2-10)12(20)6-17/h5,7-8,10H,1-4,6,17H2. The van der Waals surface area contributed by atoms with Crippen molar-refractivity contribution in [3.8, 4) is 5.75 Å². The quantitative estimate of drug-likeness (QED) is 0.917. The maximum atomic E-state index is 12.6. The summed E-state index contributed by atoms with van der Waals surface area (Å²) in [5.41, 5.74) is 4.44. The number of hydrogen-bond donors (Lipinski definition) is 1. The van der Waals surface area contributed by atoms with Crippen molar-refractivity contribution in [3.05, 3.63) is 24.0 Å². The second kappa shape index (κ2) is 6.30. The van der Waals surface area contributed by atoms with E-state index < -0.39 is 11.7 Å². The molecule has 0 bridgehead atoms. The number of piperidine rings is 1. The van der Waals surface area contributed by atoms with Gasteiger partial charge in [0.05, 0.1) is 18.3 Å². The number of amides is 1. The van der Waals surface area contributed by atoms with Gasteiger partial charge in [0.1, 0.15) is 11.9 Å². The largest absolute Gasteiger partial charge is 0.489 e. The molecule has 1 aromatic heterocycles. The molecule has 1 amide bonds. The van der Waals surface area contributed by atoms with Crippen molar-refractivity contribution in [2.24, 2.45) is 5.73 Å². The Hall–Kier alpha value is -1.83. The van der Waals surface area contributed by atoms with Crippen LogP contribution in [-0.4, -0.2) is 41.5 Å². The van der Waals surface area contributed by atoms with Crippen LogP contribution in [0, 0.1) is 0 Å². The van der Waals surface area contributed by atoms with Gasteiger partial charge in [-0.2, -0.15) is 13.2 Å². The molecule has 0 saturated carbocycles. The number of nitrogens with two attached hydrogens (primary N) is 1. The summed E-state index contributed by atoms with van der Waals surface area (Å²) in [6.45, 7) is 0.948. The molecule has 8 heteroatoms. The van der Waals surface area contributed by atoms with Crippen molar-refractivity contribution in [2.75, 3.05) is 19.6 Å². The van der Waals surface area contributed by atoms with E-state index in [1.807, 2.05) is 0 Å². The van der Waals surface area contributed by atoms with Crippen LogP contribution >= 0.6 is 0 Å². The van der Waals surface area contributed by atoms with Crippen molar-refractivity contribution < 1.29 is 22.7 Å². The Balaban J connectivity index is 1.93. The summed E-state index contributed by atoms with van der Waals surface area (Å²) >= 11 is 0. The van der Waals surface area contributed by atoms with E-state index in [9.17, 15) is 18.0 Å². The number of carbonyl (C=O) groups excluding carboxylic acids is 1. The van der Waals surface area contributed by atoms with Crippen molar-refractivity contribution in [2.45, 2.75) is 25.1 Å². The number of carbonyl (C=O) groups is 1. The molecule has 0 unspecified atom stereocenters. The summed E-state index contributed by atoms with van der Waals surface area (Å²) in [6, 6.07) is 0.935. The summed E-state index contributed by atoms with van der Waals surface area (Å²) < 4.78 is 43.2. The fourth-order valence-corrected chi connectivity index (χ4v) is 2.18. The van der Waals surface area contributed by atoms with Crippen LogP contribution < -0.4 is 10.5 Å². The van der Waals surface area contributed by atoms with Gasteiger partial charge in [0.25, 0.3) is 0 Å². The molecule has 0 atom stereocenters. The van der Waals surface area contributed by atoms with Gasteiger partial charge in [-0.3, -0.25) is 9.78 Å². The molecule has 0 radical (unpaired) electrons. The van der Waals surface area contributed by atoms with E-state index in [4.69, 9.17) is 10.5 Å². The molecule has 5 nitrogen and oxygen atoms in total. The Bertz CT molecular complexity index is 500. The zero-order valence-corrected chi connectivity index (χ0v) is 11.3. The first-order valence-corrected chi connectivity index (χ1v) is 6.57. The Morgan fingerprint density at radius 3 is 2.62 bits per heavy atom. The molecule has 0 aliphatic carbocycles. The van der Waals surface area contributed by atoms with Gasteiger partial charge in [0.15, 0.2) is 0 Å². The minimum absolute atomic E-state index is 0.0386. The van der Waals surface area contributed by atoms with Crippen LogP contribution in [0.4, 0.5) is 13.2 Å². The molecule has 0 aromatic carbocycles. The smallest absolute Gasteiger partial charge is 0.418 e. The minimum Gasteiger partial charge on any atom is -0.489 e. The third kappa shape index (κ3) is 4.07. The normalized spacial score (nSPS) is 16.9. The van der Waals surface area contributed by atoms with Crippen LogP contribution in [-0.2, 0) is 11.0 Å². The van der Waals surface area contributed by atoms with Crippen LogP contribution in [0.15, 0.2) is 18.5 Å². The number of nitrogens with zero attached hydrogens (tertiary/aromatic N) is 2. The molecule has 116 valence electrons. The molecular weight excluding hydrogens is 287 g/mol. The van der Waals surface area contributed by atoms with Gasteiger partial charge >= 0.3 is 6.18 Å². The molecular formula is C13H16F3N3O2. The maximum Gasteiger partial charge on any atom is 0.418 e. The van der Waals surface area contributed by atoms with Gasteiger partial charge in [0, 0.05) is 32.1 Å². The Morgan fingerprint density at radius 1 is 1.38 bits per heavy atom. The molecule has 0 spiro atoms. The van der Waals surface area contributed by atoms with E-state index in [-0.39, 0.29) is 24.3 Å². The Labute approximate surface area is 119 Å². The molecule has 2 N–H and O–H groups in total. The van der Waals surface area contributed by atoms with E-state index >= 15 is 0 Å². The lowest BCUT2D eigenvalue weighted by atomic mass is 10.1. The summed E-state index contributed by atoms with van der Waals surface area (Å²) in [7, 11) is 0. The fraction of sp³-hybridized carbons (Fsp3) is 0.538. The number of hydrogen-bond acceptors (Lipinski definition) is 4. The number of likely N-dealkylation sites (tertiary alicyclic amines) is 1. The van der Waals surface area contributed by atoms with E-state index in [2.05, 4.69) is 4.98 Å². The number of rotatable bonds is 3. The zero-order valence-electron chi connectivity index (χ0n) is 11.3. The highest BCUT2D eigenvalue weighted by molar-refractivity contribution is 5.78. The van der Waals surface area contributed by atoms with Crippen LogP contribution in [0.2, 0.25) is 0 Å². The lowest BCUT2D eigenvalue weighted by Crippen LogP contribution is -2.44. The molecule has 1 aliphatic heterocycles. The van der Waals surface area contributed by atoms with Gasteiger partial charge in [0.2, 0.25) is 5.91 Å². The van der Waals surface area contributed by atoms with E-state index in [1.165, 1.54) is 6.20 Å². The highest BCUT2D eigenvalue weighted by atomic mass is 19.4. The Morgan fingerprint density at radius 2 is 2.05 bits per heavy atom. The summed E-state index contributed by atoms with van der Waals surface area (Å²) in [5.74, 6) is -0.0392. The predicted molar refractivity (Wildman–Crippen MR) is 68.5 cm³/mol. The highest BCUT2D eigenvalue weighted by Crippen LogP contribution is 2.31. The highest BCUT2D eigenvalue weighted by Gasteiger charge is 2.31.